The lowest BCUT2D eigenvalue weighted by Gasteiger charge is -1.85. The Labute approximate surface area is 58.9 Å². The summed E-state index contributed by atoms with van der Waals surface area (Å²) in [6.45, 7) is 0. The third-order valence-electron chi connectivity index (χ3n) is 1.75. The topological polar surface area (TPSA) is 22.8 Å². The molecule has 0 aliphatic carbocycles. The summed E-state index contributed by atoms with van der Waals surface area (Å²) in [6.07, 6.45) is 3.84. The van der Waals surface area contributed by atoms with Crippen LogP contribution in [-0.4, -0.2) is 14.1 Å². The van der Waals surface area contributed by atoms with Gasteiger partial charge >= 0.3 is 0 Å². The van der Waals surface area contributed by atoms with Crippen LogP contribution >= 0.6 is 0 Å². The van der Waals surface area contributed by atoms with Gasteiger partial charge < -0.3 is 9.13 Å². The Morgan fingerprint density at radius 1 is 1.30 bits per heavy atom. The van der Waals surface area contributed by atoms with Gasteiger partial charge in [0.2, 0.25) is 0 Å². The predicted molar refractivity (Wildman–Crippen MR) is 39.7 cm³/mol. The fraction of sp³-hybridized carbons (Fsp3) is 0.286. The second kappa shape index (κ2) is 1.62. The Morgan fingerprint density at radius 2 is 2.10 bits per heavy atom. The molecule has 0 amide bonds. The second-order valence-electron chi connectivity index (χ2n) is 2.49. The maximum atomic E-state index is 4.20. The van der Waals surface area contributed by atoms with Crippen LogP contribution in [0.2, 0.25) is 0 Å². The summed E-state index contributed by atoms with van der Waals surface area (Å²) in [5, 5.41) is 0. The first-order chi connectivity index (χ1) is 4.79. The van der Waals surface area contributed by atoms with Crippen LogP contribution in [0.25, 0.3) is 11.2 Å². The van der Waals surface area contributed by atoms with Gasteiger partial charge in [-0.3, -0.25) is 0 Å². The first kappa shape index (κ1) is 5.53. The molecule has 0 unspecified atom stereocenters. The summed E-state index contributed by atoms with van der Waals surface area (Å²) >= 11 is 0. The lowest BCUT2D eigenvalue weighted by Crippen LogP contribution is -1.82. The Hall–Kier alpha value is -1.25. The van der Waals surface area contributed by atoms with Crippen molar-refractivity contribution in [1.29, 1.82) is 0 Å². The van der Waals surface area contributed by atoms with Crippen molar-refractivity contribution in [3.63, 3.8) is 0 Å². The van der Waals surface area contributed by atoms with Crippen LogP contribution in [0.5, 0.6) is 0 Å². The van der Waals surface area contributed by atoms with E-state index < -0.39 is 0 Å². The quantitative estimate of drug-likeness (QED) is 0.526. The van der Waals surface area contributed by atoms with Gasteiger partial charge in [-0.2, -0.15) is 0 Å². The van der Waals surface area contributed by atoms with Gasteiger partial charge in [-0.05, 0) is 6.07 Å². The Bertz CT molecular complexity index is 320. The zero-order valence-corrected chi connectivity index (χ0v) is 6.07. The van der Waals surface area contributed by atoms with Gasteiger partial charge in [0.25, 0.3) is 0 Å². The molecule has 0 atom stereocenters. The van der Waals surface area contributed by atoms with E-state index in [0.717, 1.165) is 5.65 Å². The fourth-order valence-corrected chi connectivity index (χ4v) is 1.14. The Kier molecular flexibility index (Phi) is 0.897. The largest absolute Gasteiger partial charge is 0.334 e. The van der Waals surface area contributed by atoms with Crippen LogP contribution < -0.4 is 0 Å². The van der Waals surface area contributed by atoms with Crippen molar-refractivity contribution in [3.05, 3.63) is 18.6 Å². The number of imidazole rings is 1. The molecule has 0 saturated carbocycles. The number of rotatable bonds is 0. The number of hydrogen-bond acceptors (Lipinski definition) is 1. The smallest absolute Gasteiger partial charge is 0.158 e. The van der Waals surface area contributed by atoms with Gasteiger partial charge in [-0.15, -0.1) is 0 Å². The van der Waals surface area contributed by atoms with Crippen molar-refractivity contribution in [3.8, 4) is 0 Å². The van der Waals surface area contributed by atoms with E-state index >= 15 is 0 Å². The van der Waals surface area contributed by atoms with Crippen molar-refractivity contribution in [2.75, 3.05) is 0 Å². The van der Waals surface area contributed by atoms with Crippen molar-refractivity contribution < 1.29 is 0 Å². The molecule has 0 saturated heterocycles. The van der Waals surface area contributed by atoms with Gasteiger partial charge in [-0.25, -0.2) is 4.98 Å². The van der Waals surface area contributed by atoms with Gasteiger partial charge in [0.05, 0.1) is 11.8 Å². The average molecular weight is 135 g/mol. The maximum absolute atomic E-state index is 4.20. The highest BCUT2D eigenvalue weighted by Crippen LogP contribution is 2.10. The molecular weight excluding hydrogens is 126 g/mol. The number of nitrogens with zero attached hydrogens (tertiary/aromatic N) is 3. The van der Waals surface area contributed by atoms with E-state index in [0.29, 0.717) is 0 Å². The molecule has 2 heterocycles. The van der Waals surface area contributed by atoms with Crippen molar-refractivity contribution in [2.24, 2.45) is 14.1 Å². The van der Waals surface area contributed by atoms with Crippen molar-refractivity contribution >= 4 is 11.2 Å². The van der Waals surface area contributed by atoms with Crippen LogP contribution in [0, 0.1) is 0 Å². The van der Waals surface area contributed by atoms with E-state index in [2.05, 4.69) is 11.1 Å². The summed E-state index contributed by atoms with van der Waals surface area (Å²) in [5.74, 6) is 0. The fourth-order valence-electron chi connectivity index (χ4n) is 1.14. The van der Waals surface area contributed by atoms with Gasteiger partial charge in [0, 0.05) is 20.3 Å². The monoisotopic (exact) mass is 135 g/mol. The Morgan fingerprint density at radius 3 is 2.80 bits per heavy atom. The molecule has 0 aliphatic heterocycles. The number of fused-ring (bicyclic) bond motifs is 1. The number of aromatic nitrogens is 3. The minimum atomic E-state index is 1.04. The molecule has 2 aromatic rings. The molecule has 0 bridgehead atoms. The van der Waals surface area contributed by atoms with Crippen LogP contribution in [-0.2, 0) is 14.1 Å². The molecule has 0 aromatic carbocycles. The zero-order chi connectivity index (χ0) is 7.14. The number of hydrogen-bond donors (Lipinski definition) is 0. The number of aryl methyl sites for hydroxylation is 2. The molecule has 0 radical (unpaired) electrons. The van der Waals surface area contributed by atoms with E-state index in [-0.39, 0.29) is 0 Å². The predicted octanol–water partition coefficient (Wildman–Crippen LogP) is 0.912. The van der Waals surface area contributed by atoms with E-state index in [4.69, 9.17) is 0 Å². The summed E-state index contributed by atoms with van der Waals surface area (Å²) in [4.78, 5) is 4.20. The minimum Gasteiger partial charge on any atom is -0.334 e. The van der Waals surface area contributed by atoms with Crippen molar-refractivity contribution in [2.45, 2.75) is 0 Å². The molecule has 10 heavy (non-hydrogen) atoms. The minimum absolute atomic E-state index is 1.04. The normalized spacial score (nSPS) is 11.0. The highest BCUT2D eigenvalue weighted by atomic mass is 15.1. The zero-order valence-electron chi connectivity index (χ0n) is 6.07. The molecule has 0 N–H and O–H groups in total. The van der Waals surface area contributed by atoms with Crippen molar-refractivity contribution in [1.82, 2.24) is 14.1 Å². The van der Waals surface area contributed by atoms with E-state index in [1.807, 2.05) is 35.8 Å². The van der Waals surface area contributed by atoms with E-state index in [1.54, 1.807) is 0 Å². The molecule has 52 valence electrons. The summed E-state index contributed by atoms with van der Waals surface area (Å²) in [6, 6.07) is 2.06. The molecule has 0 aliphatic rings. The van der Waals surface area contributed by atoms with E-state index in [1.165, 1.54) is 5.52 Å². The van der Waals surface area contributed by atoms with Crippen LogP contribution in [0.3, 0.4) is 0 Å². The SMILES string of the molecule is Cn1cnc2c1ccn2C. The van der Waals surface area contributed by atoms with Crippen LogP contribution in [0.1, 0.15) is 0 Å². The summed E-state index contributed by atoms with van der Waals surface area (Å²) in [5.41, 5.74) is 2.23. The standard InChI is InChI=1S/C7H9N3/c1-9-4-3-6-7(9)8-5-10(6)2/h3-5H,1-2H3. The molecule has 0 spiro atoms. The molecule has 0 fully saturated rings. The summed E-state index contributed by atoms with van der Waals surface area (Å²) < 4.78 is 4.02. The maximum Gasteiger partial charge on any atom is 0.158 e. The van der Waals surface area contributed by atoms with Gasteiger partial charge in [0.1, 0.15) is 0 Å². The van der Waals surface area contributed by atoms with Gasteiger partial charge in [-0.1, -0.05) is 0 Å². The van der Waals surface area contributed by atoms with Crippen LogP contribution in [0.4, 0.5) is 0 Å². The highest BCUT2D eigenvalue weighted by Gasteiger charge is 2.00. The molecule has 3 heteroatoms. The third kappa shape index (κ3) is 0.518. The van der Waals surface area contributed by atoms with Gasteiger partial charge in [0.15, 0.2) is 5.65 Å². The first-order valence-corrected chi connectivity index (χ1v) is 3.21. The molecular formula is C7H9N3. The second-order valence-corrected chi connectivity index (χ2v) is 2.49. The first-order valence-electron chi connectivity index (χ1n) is 3.21. The summed E-state index contributed by atoms with van der Waals surface area (Å²) in [7, 11) is 3.99. The third-order valence-corrected chi connectivity index (χ3v) is 1.75. The molecule has 3 nitrogen and oxygen atoms in total. The lowest BCUT2D eigenvalue weighted by atomic mass is 10.6. The van der Waals surface area contributed by atoms with Crippen LogP contribution in [0.15, 0.2) is 18.6 Å². The highest BCUT2D eigenvalue weighted by molar-refractivity contribution is 5.72. The lowest BCUT2D eigenvalue weighted by molar-refractivity contribution is 0.932. The Balaban J connectivity index is 2.95. The van der Waals surface area contributed by atoms with E-state index in [9.17, 15) is 0 Å². The average Bonchev–Trinajstić information content (AvgIpc) is 2.41. The molecule has 2 rings (SSSR count). The molecule has 2 aromatic heterocycles.